The molecular formula is C14H24IN3O. The second-order valence-corrected chi connectivity index (χ2v) is 4.43. The van der Waals surface area contributed by atoms with Gasteiger partial charge in [0, 0.05) is 27.7 Å². The van der Waals surface area contributed by atoms with Crippen LogP contribution in [0.4, 0.5) is 0 Å². The zero-order valence-corrected chi connectivity index (χ0v) is 14.7. The van der Waals surface area contributed by atoms with Crippen LogP contribution in [-0.2, 0) is 6.42 Å². The van der Waals surface area contributed by atoms with Crippen molar-refractivity contribution in [2.45, 2.75) is 13.3 Å². The van der Waals surface area contributed by atoms with Crippen LogP contribution in [0.2, 0.25) is 0 Å². The van der Waals surface area contributed by atoms with Gasteiger partial charge < -0.3 is 15.0 Å². The van der Waals surface area contributed by atoms with Crippen LogP contribution in [0.15, 0.2) is 23.2 Å². The Morgan fingerprint density at radius 3 is 2.58 bits per heavy atom. The van der Waals surface area contributed by atoms with E-state index in [2.05, 4.69) is 29.4 Å². The van der Waals surface area contributed by atoms with Gasteiger partial charge in [-0.3, -0.25) is 4.99 Å². The molecule has 0 amide bonds. The van der Waals surface area contributed by atoms with Crippen molar-refractivity contribution in [2.24, 2.45) is 4.99 Å². The summed E-state index contributed by atoms with van der Waals surface area (Å²) in [6.07, 6.45) is 0.914. The molecule has 0 saturated heterocycles. The number of halogens is 1. The molecule has 0 saturated carbocycles. The molecule has 108 valence electrons. The summed E-state index contributed by atoms with van der Waals surface area (Å²) in [6.45, 7) is 2.93. The highest BCUT2D eigenvalue weighted by Gasteiger charge is 2.04. The minimum Gasteiger partial charge on any atom is -0.496 e. The van der Waals surface area contributed by atoms with Gasteiger partial charge in [0.2, 0.25) is 0 Å². The zero-order valence-electron chi connectivity index (χ0n) is 12.4. The summed E-state index contributed by atoms with van der Waals surface area (Å²) in [7, 11) is 7.45. The van der Waals surface area contributed by atoms with Crippen LogP contribution in [0.25, 0.3) is 0 Å². The van der Waals surface area contributed by atoms with Crippen LogP contribution >= 0.6 is 24.0 Å². The molecule has 0 atom stereocenters. The van der Waals surface area contributed by atoms with Gasteiger partial charge in [0.25, 0.3) is 0 Å². The summed E-state index contributed by atoms with van der Waals surface area (Å²) in [5.41, 5.74) is 2.47. The van der Waals surface area contributed by atoms with Crippen LogP contribution in [0.5, 0.6) is 5.75 Å². The van der Waals surface area contributed by atoms with E-state index in [9.17, 15) is 0 Å². The Kier molecular flexibility index (Phi) is 8.54. The summed E-state index contributed by atoms with van der Waals surface area (Å²) >= 11 is 0. The van der Waals surface area contributed by atoms with Crippen LogP contribution in [0, 0.1) is 6.92 Å². The number of aryl methyl sites for hydroxylation is 1. The lowest BCUT2D eigenvalue weighted by molar-refractivity contribution is 0.409. The molecule has 0 bridgehead atoms. The normalized spacial score (nSPS) is 10.7. The number of nitrogens with one attached hydrogen (secondary N) is 1. The fourth-order valence-electron chi connectivity index (χ4n) is 1.85. The second kappa shape index (κ2) is 9.01. The third-order valence-electron chi connectivity index (χ3n) is 2.75. The number of guanidine groups is 1. The van der Waals surface area contributed by atoms with E-state index in [1.54, 1.807) is 14.2 Å². The van der Waals surface area contributed by atoms with Gasteiger partial charge in [-0.25, -0.2) is 0 Å². The van der Waals surface area contributed by atoms with Crippen molar-refractivity contribution >= 4 is 29.9 Å². The Balaban J connectivity index is 0.00000324. The molecule has 5 heteroatoms. The van der Waals surface area contributed by atoms with Crippen LogP contribution in [-0.4, -0.2) is 45.7 Å². The lowest BCUT2D eigenvalue weighted by atomic mass is 10.1. The maximum absolute atomic E-state index is 5.36. The molecule has 19 heavy (non-hydrogen) atoms. The fraction of sp³-hybridized carbons (Fsp3) is 0.500. The molecule has 0 aliphatic carbocycles. The van der Waals surface area contributed by atoms with E-state index in [1.165, 1.54) is 11.1 Å². The minimum atomic E-state index is 0. The Hall–Kier alpha value is -0.980. The first-order valence-electron chi connectivity index (χ1n) is 6.10. The molecule has 0 heterocycles. The smallest absolute Gasteiger partial charge is 0.193 e. The Morgan fingerprint density at radius 2 is 2.05 bits per heavy atom. The standard InChI is InChI=1S/C14H23N3O.HI/c1-11-6-7-13(18-5)12(10-11)8-9-16-14(15-2)17(3)4;/h6-7,10H,8-9H2,1-5H3,(H,15,16);1H. The lowest BCUT2D eigenvalue weighted by Crippen LogP contribution is -2.37. The van der Waals surface area contributed by atoms with Crippen molar-refractivity contribution in [3.63, 3.8) is 0 Å². The molecule has 0 spiro atoms. The molecule has 0 aliphatic rings. The molecule has 0 unspecified atom stereocenters. The summed E-state index contributed by atoms with van der Waals surface area (Å²) in [6, 6.07) is 6.25. The molecule has 1 aromatic carbocycles. The zero-order chi connectivity index (χ0) is 13.5. The largest absolute Gasteiger partial charge is 0.496 e. The van der Waals surface area contributed by atoms with Crippen molar-refractivity contribution in [2.75, 3.05) is 34.8 Å². The molecule has 0 aliphatic heterocycles. The Morgan fingerprint density at radius 1 is 1.37 bits per heavy atom. The number of rotatable bonds is 4. The lowest BCUT2D eigenvalue weighted by Gasteiger charge is -2.17. The molecule has 1 aromatic rings. The molecule has 0 fully saturated rings. The summed E-state index contributed by atoms with van der Waals surface area (Å²) < 4.78 is 5.36. The number of methoxy groups -OCH3 is 1. The quantitative estimate of drug-likeness (QED) is 0.497. The predicted molar refractivity (Wildman–Crippen MR) is 91.9 cm³/mol. The van der Waals surface area contributed by atoms with E-state index in [1.807, 2.05) is 25.1 Å². The number of hydrogen-bond donors (Lipinski definition) is 1. The van der Waals surface area contributed by atoms with E-state index >= 15 is 0 Å². The molecular weight excluding hydrogens is 353 g/mol. The van der Waals surface area contributed by atoms with Gasteiger partial charge in [-0.1, -0.05) is 17.7 Å². The van der Waals surface area contributed by atoms with E-state index in [-0.39, 0.29) is 24.0 Å². The van der Waals surface area contributed by atoms with Crippen molar-refractivity contribution in [3.8, 4) is 5.75 Å². The number of benzene rings is 1. The van der Waals surface area contributed by atoms with Crippen LogP contribution in [0.1, 0.15) is 11.1 Å². The number of nitrogens with zero attached hydrogens (tertiary/aromatic N) is 2. The predicted octanol–water partition coefficient (Wildman–Crippen LogP) is 2.30. The van der Waals surface area contributed by atoms with Gasteiger partial charge >= 0.3 is 0 Å². The molecule has 1 N–H and O–H groups in total. The average molecular weight is 377 g/mol. The third kappa shape index (κ3) is 5.67. The molecule has 1 rings (SSSR count). The SMILES string of the molecule is CN=C(NCCc1cc(C)ccc1OC)N(C)C.I. The summed E-state index contributed by atoms with van der Waals surface area (Å²) in [5, 5.41) is 3.31. The number of aliphatic imine (C=N–C) groups is 1. The topological polar surface area (TPSA) is 36.9 Å². The highest BCUT2D eigenvalue weighted by Crippen LogP contribution is 2.19. The van der Waals surface area contributed by atoms with Crippen LogP contribution < -0.4 is 10.1 Å². The van der Waals surface area contributed by atoms with Crippen molar-refractivity contribution in [1.82, 2.24) is 10.2 Å². The molecule has 0 radical (unpaired) electrons. The van der Waals surface area contributed by atoms with E-state index in [0.717, 1.165) is 24.7 Å². The highest BCUT2D eigenvalue weighted by atomic mass is 127. The Bertz CT molecular complexity index is 419. The van der Waals surface area contributed by atoms with Gasteiger partial charge in [-0.15, -0.1) is 24.0 Å². The fourth-order valence-corrected chi connectivity index (χ4v) is 1.85. The van der Waals surface area contributed by atoms with Crippen molar-refractivity contribution in [1.29, 1.82) is 0 Å². The van der Waals surface area contributed by atoms with E-state index < -0.39 is 0 Å². The van der Waals surface area contributed by atoms with E-state index in [0.29, 0.717) is 0 Å². The third-order valence-corrected chi connectivity index (χ3v) is 2.75. The number of ether oxygens (including phenoxy) is 1. The summed E-state index contributed by atoms with van der Waals surface area (Å²) in [5.74, 6) is 1.84. The van der Waals surface area contributed by atoms with Crippen molar-refractivity contribution < 1.29 is 4.74 Å². The van der Waals surface area contributed by atoms with Gasteiger partial charge in [0.15, 0.2) is 5.96 Å². The molecule has 0 aromatic heterocycles. The number of hydrogen-bond acceptors (Lipinski definition) is 2. The van der Waals surface area contributed by atoms with Crippen LogP contribution in [0.3, 0.4) is 0 Å². The van der Waals surface area contributed by atoms with Gasteiger partial charge in [0.1, 0.15) is 5.75 Å². The first-order chi connectivity index (χ1) is 8.58. The van der Waals surface area contributed by atoms with Gasteiger partial charge in [0.05, 0.1) is 7.11 Å². The first kappa shape index (κ1) is 18.0. The highest BCUT2D eigenvalue weighted by molar-refractivity contribution is 14.0. The summed E-state index contributed by atoms with van der Waals surface area (Å²) in [4.78, 5) is 6.14. The minimum absolute atomic E-state index is 0. The Labute approximate surface area is 133 Å². The van der Waals surface area contributed by atoms with Gasteiger partial charge in [-0.05, 0) is 25.0 Å². The van der Waals surface area contributed by atoms with E-state index in [4.69, 9.17) is 4.74 Å². The maximum atomic E-state index is 5.36. The molecule has 4 nitrogen and oxygen atoms in total. The monoisotopic (exact) mass is 377 g/mol. The average Bonchev–Trinajstić information content (AvgIpc) is 2.34. The van der Waals surface area contributed by atoms with Crippen molar-refractivity contribution in [3.05, 3.63) is 29.3 Å². The van der Waals surface area contributed by atoms with Gasteiger partial charge in [-0.2, -0.15) is 0 Å². The maximum Gasteiger partial charge on any atom is 0.193 e. The first-order valence-corrected chi connectivity index (χ1v) is 6.10. The second-order valence-electron chi connectivity index (χ2n) is 4.43.